The summed E-state index contributed by atoms with van der Waals surface area (Å²) in [5.41, 5.74) is 4.04. The number of hydrogen-bond donors (Lipinski definition) is 2. The lowest BCUT2D eigenvalue weighted by Crippen LogP contribution is -2.19. The average molecular weight is 478 g/mol. The van der Waals surface area contributed by atoms with Gasteiger partial charge in [-0.1, -0.05) is 40.6 Å². The van der Waals surface area contributed by atoms with Crippen molar-refractivity contribution in [3.63, 3.8) is 0 Å². The number of hydrazone groups is 1. The number of amides is 2. The van der Waals surface area contributed by atoms with Gasteiger partial charge in [0.2, 0.25) is 16.9 Å². The molecule has 1 aromatic heterocycles. The van der Waals surface area contributed by atoms with E-state index in [2.05, 4.69) is 26.0 Å². The Kier molecular flexibility index (Phi) is 7.94. The van der Waals surface area contributed by atoms with Crippen molar-refractivity contribution in [3.05, 3.63) is 68.6 Å². The zero-order valence-electron chi connectivity index (χ0n) is 16.3. The highest BCUT2D eigenvalue weighted by Gasteiger charge is 2.09. The van der Waals surface area contributed by atoms with Gasteiger partial charge in [-0.2, -0.15) is 5.10 Å². The first-order valence-corrected chi connectivity index (χ1v) is 10.5. The molecule has 3 aromatic rings. The molecule has 1 heterocycles. The minimum atomic E-state index is -0.346. The third-order valence-electron chi connectivity index (χ3n) is 3.75. The molecule has 160 valence electrons. The van der Waals surface area contributed by atoms with Crippen molar-refractivity contribution < 1.29 is 14.3 Å². The number of nitrogens with zero attached hydrogens (tertiary/aromatic N) is 3. The van der Waals surface area contributed by atoms with Crippen molar-refractivity contribution in [2.24, 2.45) is 5.10 Å². The molecule has 2 N–H and O–H groups in total. The number of rotatable bonds is 8. The van der Waals surface area contributed by atoms with E-state index in [0.717, 1.165) is 22.5 Å². The van der Waals surface area contributed by atoms with Gasteiger partial charge in [0, 0.05) is 22.5 Å². The molecule has 31 heavy (non-hydrogen) atoms. The summed E-state index contributed by atoms with van der Waals surface area (Å²) in [6.07, 6.45) is 1.52. The van der Waals surface area contributed by atoms with Crippen molar-refractivity contribution in [3.8, 4) is 5.75 Å². The predicted octanol–water partition coefficient (Wildman–Crippen LogP) is 4.08. The third kappa shape index (κ3) is 7.32. The molecule has 0 radical (unpaired) electrons. The Morgan fingerprint density at radius 3 is 2.65 bits per heavy atom. The van der Waals surface area contributed by atoms with Gasteiger partial charge in [0.05, 0.1) is 12.6 Å². The molecule has 0 aliphatic carbocycles. The van der Waals surface area contributed by atoms with E-state index in [1.165, 1.54) is 13.1 Å². The number of nitrogens with one attached hydrogen (secondary N) is 2. The van der Waals surface area contributed by atoms with Crippen LogP contribution in [0.25, 0.3) is 0 Å². The summed E-state index contributed by atoms with van der Waals surface area (Å²) in [6, 6.07) is 12.4. The second-order valence-electron chi connectivity index (χ2n) is 6.25. The number of benzene rings is 2. The molecule has 0 saturated heterocycles. The van der Waals surface area contributed by atoms with Gasteiger partial charge in [-0.25, -0.2) is 5.43 Å². The van der Waals surface area contributed by atoms with Gasteiger partial charge in [-0.05, 0) is 42.0 Å². The van der Waals surface area contributed by atoms with E-state index >= 15 is 0 Å². The highest BCUT2D eigenvalue weighted by Crippen LogP contribution is 2.22. The lowest BCUT2D eigenvalue weighted by molar-refractivity contribution is -0.120. The molecule has 0 bridgehead atoms. The predicted molar refractivity (Wildman–Crippen MR) is 121 cm³/mol. The van der Waals surface area contributed by atoms with Gasteiger partial charge in [0.1, 0.15) is 17.4 Å². The van der Waals surface area contributed by atoms with Crippen LogP contribution in [0, 0.1) is 0 Å². The molecule has 0 saturated carbocycles. The lowest BCUT2D eigenvalue weighted by atomic mass is 10.2. The van der Waals surface area contributed by atoms with Crippen LogP contribution in [0.15, 0.2) is 47.6 Å². The van der Waals surface area contributed by atoms with E-state index in [1.54, 1.807) is 36.4 Å². The Morgan fingerprint density at radius 2 is 1.94 bits per heavy atom. The SMILES string of the molecule is CC(=O)Nc1nnc(CC(=O)N/N=C\c2ccc(OCc3ccc(Cl)cc3Cl)cc2)s1. The van der Waals surface area contributed by atoms with E-state index in [1.807, 2.05) is 6.07 Å². The van der Waals surface area contributed by atoms with Crippen LogP contribution in [-0.2, 0) is 22.6 Å². The zero-order chi connectivity index (χ0) is 22.2. The number of carbonyl (C=O) groups is 2. The molecule has 3 rings (SSSR count). The maximum atomic E-state index is 11.9. The number of aromatic nitrogens is 2. The highest BCUT2D eigenvalue weighted by atomic mass is 35.5. The molecule has 0 aliphatic heterocycles. The summed E-state index contributed by atoms with van der Waals surface area (Å²) in [5.74, 6) is 0.0713. The third-order valence-corrected chi connectivity index (χ3v) is 5.18. The summed E-state index contributed by atoms with van der Waals surface area (Å²) < 4.78 is 5.72. The minimum absolute atomic E-state index is 0.00856. The van der Waals surface area contributed by atoms with E-state index in [0.29, 0.717) is 32.5 Å². The van der Waals surface area contributed by atoms with Crippen LogP contribution in [0.1, 0.15) is 23.1 Å². The van der Waals surface area contributed by atoms with Gasteiger partial charge in [0.15, 0.2) is 0 Å². The van der Waals surface area contributed by atoms with Gasteiger partial charge in [-0.3, -0.25) is 9.59 Å². The van der Waals surface area contributed by atoms with E-state index < -0.39 is 0 Å². The van der Waals surface area contributed by atoms with Gasteiger partial charge in [-0.15, -0.1) is 10.2 Å². The normalized spacial score (nSPS) is 10.8. The summed E-state index contributed by atoms with van der Waals surface area (Å²) in [4.78, 5) is 22.9. The molecular weight excluding hydrogens is 461 g/mol. The summed E-state index contributed by atoms with van der Waals surface area (Å²) in [5, 5.41) is 16.0. The first-order valence-electron chi connectivity index (χ1n) is 8.98. The molecule has 2 amide bonds. The van der Waals surface area contributed by atoms with Crippen molar-refractivity contribution in [2.45, 2.75) is 20.0 Å². The largest absolute Gasteiger partial charge is 0.489 e. The van der Waals surface area contributed by atoms with Crippen LogP contribution < -0.4 is 15.5 Å². The maximum absolute atomic E-state index is 11.9. The second-order valence-corrected chi connectivity index (χ2v) is 8.15. The van der Waals surface area contributed by atoms with Crippen molar-refractivity contribution in [1.82, 2.24) is 15.6 Å². The number of hydrogen-bond acceptors (Lipinski definition) is 7. The Hall–Kier alpha value is -3.01. The first kappa shape index (κ1) is 22.7. The van der Waals surface area contributed by atoms with Crippen LogP contribution in [0.4, 0.5) is 5.13 Å². The van der Waals surface area contributed by atoms with Crippen molar-refractivity contribution in [2.75, 3.05) is 5.32 Å². The average Bonchev–Trinajstić information content (AvgIpc) is 3.14. The minimum Gasteiger partial charge on any atom is -0.489 e. The number of ether oxygens (including phenoxy) is 1. The molecule has 0 unspecified atom stereocenters. The van der Waals surface area contributed by atoms with Gasteiger partial charge >= 0.3 is 0 Å². The molecule has 0 atom stereocenters. The van der Waals surface area contributed by atoms with Crippen LogP contribution in [0.3, 0.4) is 0 Å². The molecule has 0 aliphatic rings. The van der Waals surface area contributed by atoms with E-state index in [9.17, 15) is 9.59 Å². The quantitative estimate of drug-likeness (QED) is 0.375. The van der Waals surface area contributed by atoms with Crippen molar-refractivity contribution in [1.29, 1.82) is 0 Å². The fourth-order valence-corrected chi connectivity index (χ4v) is 3.58. The Morgan fingerprint density at radius 1 is 1.16 bits per heavy atom. The van der Waals surface area contributed by atoms with Crippen LogP contribution in [0.2, 0.25) is 10.0 Å². The van der Waals surface area contributed by atoms with Crippen LogP contribution in [0.5, 0.6) is 5.75 Å². The number of carbonyl (C=O) groups excluding carboxylic acids is 2. The molecular formula is C20H17Cl2N5O3S. The fraction of sp³-hybridized carbons (Fsp3) is 0.150. The molecule has 11 heteroatoms. The second kappa shape index (κ2) is 10.9. The smallest absolute Gasteiger partial charge is 0.247 e. The van der Waals surface area contributed by atoms with Crippen LogP contribution >= 0.6 is 34.5 Å². The molecule has 0 spiro atoms. The van der Waals surface area contributed by atoms with E-state index in [4.69, 9.17) is 27.9 Å². The van der Waals surface area contributed by atoms with E-state index in [-0.39, 0.29) is 18.2 Å². The fourth-order valence-electron chi connectivity index (χ4n) is 2.33. The molecule has 0 fully saturated rings. The maximum Gasteiger partial charge on any atom is 0.247 e. The standard InChI is InChI=1S/C20H17Cl2N5O3S/c1-12(28)24-20-27-26-19(31-20)9-18(29)25-23-10-13-2-6-16(7-3-13)30-11-14-4-5-15(21)8-17(14)22/h2-8,10H,9,11H2,1H3,(H,25,29)(H,24,27,28)/b23-10-. The molecule has 8 nitrogen and oxygen atoms in total. The lowest BCUT2D eigenvalue weighted by Gasteiger charge is -2.08. The highest BCUT2D eigenvalue weighted by molar-refractivity contribution is 7.15. The first-order chi connectivity index (χ1) is 14.9. The monoisotopic (exact) mass is 477 g/mol. The number of halogens is 2. The summed E-state index contributed by atoms with van der Waals surface area (Å²) >= 11 is 13.2. The van der Waals surface area contributed by atoms with Crippen LogP contribution in [-0.4, -0.2) is 28.2 Å². The Labute approximate surface area is 192 Å². The summed E-state index contributed by atoms with van der Waals surface area (Å²) in [7, 11) is 0. The molecule has 2 aromatic carbocycles. The van der Waals surface area contributed by atoms with Gasteiger partial charge in [0.25, 0.3) is 0 Å². The summed E-state index contributed by atoms with van der Waals surface area (Å²) in [6.45, 7) is 1.69. The topological polar surface area (TPSA) is 106 Å². The van der Waals surface area contributed by atoms with Crippen molar-refractivity contribution >= 4 is 57.7 Å². The Bertz CT molecular complexity index is 1100. The number of anilines is 1. The Balaban J connectivity index is 1.46. The van der Waals surface area contributed by atoms with Gasteiger partial charge < -0.3 is 10.1 Å². The zero-order valence-corrected chi connectivity index (χ0v) is 18.6.